The van der Waals surface area contributed by atoms with Crippen molar-refractivity contribution < 1.29 is 0 Å². The fourth-order valence-corrected chi connectivity index (χ4v) is 3.45. The highest BCUT2D eigenvalue weighted by Crippen LogP contribution is 2.30. The summed E-state index contributed by atoms with van der Waals surface area (Å²) in [6.07, 6.45) is 0. The second kappa shape index (κ2) is 7.08. The number of benzene rings is 4. The predicted octanol–water partition coefficient (Wildman–Crippen LogP) is 7.45. The highest BCUT2D eigenvalue weighted by molar-refractivity contribution is 9.10. The fraction of sp³-hybridized carbons (Fsp3) is 0. The molecule has 0 aliphatic heterocycles. The zero-order valence-electron chi connectivity index (χ0n) is 13.7. The van der Waals surface area contributed by atoms with Crippen molar-refractivity contribution in [1.29, 1.82) is 0 Å². The van der Waals surface area contributed by atoms with E-state index in [1.165, 1.54) is 33.4 Å². The Hall–Kier alpha value is -2.64. The van der Waals surface area contributed by atoms with Gasteiger partial charge in [-0.05, 0) is 57.6 Å². The lowest BCUT2D eigenvalue weighted by Gasteiger charge is -2.09. The van der Waals surface area contributed by atoms with Gasteiger partial charge in [-0.25, -0.2) is 0 Å². The lowest BCUT2D eigenvalue weighted by Crippen LogP contribution is -1.83. The Balaban J connectivity index is 1.75. The lowest BCUT2D eigenvalue weighted by atomic mass is 9.96. The van der Waals surface area contributed by atoms with E-state index in [1.54, 1.807) is 0 Å². The van der Waals surface area contributed by atoms with E-state index in [9.17, 15) is 0 Å². The maximum absolute atomic E-state index is 3.56. The molecule has 0 N–H and O–H groups in total. The van der Waals surface area contributed by atoms with Crippen molar-refractivity contribution in [2.75, 3.05) is 0 Å². The van der Waals surface area contributed by atoms with Gasteiger partial charge in [-0.2, -0.15) is 0 Å². The van der Waals surface area contributed by atoms with E-state index >= 15 is 0 Å². The van der Waals surface area contributed by atoms with Crippen molar-refractivity contribution in [3.05, 3.63) is 108 Å². The van der Waals surface area contributed by atoms with E-state index in [4.69, 9.17) is 0 Å². The summed E-state index contributed by atoms with van der Waals surface area (Å²) in [5.74, 6) is 0. The summed E-state index contributed by atoms with van der Waals surface area (Å²) in [5.41, 5.74) is 7.39. The number of rotatable bonds is 3. The van der Waals surface area contributed by atoms with Crippen LogP contribution in [0.3, 0.4) is 0 Å². The molecule has 4 aromatic carbocycles. The van der Waals surface area contributed by atoms with Crippen LogP contribution in [0.1, 0.15) is 0 Å². The third-order valence-corrected chi connectivity index (χ3v) is 4.82. The normalized spacial score (nSPS) is 10.6. The number of halogens is 1. The minimum absolute atomic E-state index is 1.10. The van der Waals surface area contributed by atoms with Gasteiger partial charge in [-0.1, -0.05) is 94.8 Å². The SMILES string of the molecule is Brc1cccc(-c2cccc(-c3cccc(-c4ccccc4)c3)c2)c1. The third-order valence-electron chi connectivity index (χ3n) is 4.32. The van der Waals surface area contributed by atoms with Crippen molar-refractivity contribution in [3.63, 3.8) is 0 Å². The van der Waals surface area contributed by atoms with E-state index in [-0.39, 0.29) is 0 Å². The van der Waals surface area contributed by atoms with Crippen molar-refractivity contribution in [1.82, 2.24) is 0 Å². The van der Waals surface area contributed by atoms with Crippen molar-refractivity contribution in [2.45, 2.75) is 0 Å². The molecule has 0 unspecified atom stereocenters. The lowest BCUT2D eigenvalue weighted by molar-refractivity contribution is 1.56. The Morgan fingerprint density at radius 1 is 0.360 bits per heavy atom. The van der Waals surface area contributed by atoms with Crippen LogP contribution in [-0.4, -0.2) is 0 Å². The first kappa shape index (κ1) is 15.9. The van der Waals surface area contributed by atoms with Gasteiger partial charge >= 0.3 is 0 Å². The number of hydrogen-bond acceptors (Lipinski definition) is 0. The van der Waals surface area contributed by atoms with Gasteiger partial charge in [0.05, 0.1) is 0 Å². The highest BCUT2D eigenvalue weighted by Gasteiger charge is 2.04. The van der Waals surface area contributed by atoms with Gasteiger partial charge in [0.15, 0.2) is 0 Å². The standard InChI is InChI=1S/C24H17Br/c25-24-14-6-13-23(17-24)22-12-5-11-21(16-22)20-10-4-9-19(15-20)18-7-2-1-3-8-18/h1-17H. The first-order valence-electron chi connectivity index (χ1n) is 8.31. The third kappa shape index (κ3) is 3.57. The summed E-state index contributed by atoms with van der Waals surface area (Å²) in [6.45, 7) is 0. The van der Waals surface area contributed by atoms with Gasteiger partial charge in [0.1, 0.15) is 0 Å². The zero-order valence-corrected chi connectivity index (χ0v) is 15.3. The van der Waals surface area contributed by atoms with E-state index in [2.05, 4.69) is 119 Å². The van der Waals surface area contributed by atoms with Crippen LogP contribution in [0.25, 0.3) is 33.4 Å². The topological polar surface area (TPSA) is 0 Å². The Labute approximate surface area is 156 Å². The van der Waals surface area contributed by atoms with Gasteiger partial charge < -0.3 is 0 Å². The smallest absolute Gasteiger partial charge is 0.0181 e. The summed E-state index contributed by atoms with van der Waals surface area (Å²) in [4.78, 5) is 0. The molecule has 0 heterocycles. The monoisotopic (exact) mass is 384 g/mol. The Morgan fingerprint density at radius 3 is 1.28 bits per heavy atom. The summed E-state index contributed by atoms with van der Waals surface area (Å²) < 4.78 is 1.10. The molecule has 0 aromatic heterocycles. The van der Waals surface area contributed by atoms with Crippen LogP contribution >= 0.6 is 15.9 Å². The zero-order chi connectivity index (χ0) is 17.1. The van der Waals surface area contributed by atoms with E-state index in [0.717, 1.165) is 4.47 Å². The van der Waals surface area contributed by atoms with Crippen molar-refractivity contribution >= 4 is 15.9 Å². The first-order valence-corrected chi connectivity index (χ1v) is 9.11. The quantitative estimate of drug-likeness (QED) is 0.344. The molecular weight excluding hydrogens is 368 g/mol. The maximum atomic E-state index is 3.56. The van der Waals surface area contributed by atoms with E-state index in [1.807, 2.05) is 0 Å². The van der Waals surface area contributed by atoms with E-state index < -0.39 is 0 Å². The summed E-state index contributed by atoms with van der Waals surface area (Å²) in [5, 5.41) is 0. The molecule has 4 aromatic rings. The summed E-state index contributed by atoms with van der Waals surface area (Å²) in [6, 6.07) is 36.4. The van der Waals surface area contributed by atoms with Crippen LogP contribution in [0.2, 0.25) is 0 Å². The van der Waals surface area contributed by atoms with Crippen LogP contribution in [0.4, 0.5) is 0 Å². The molecular formula is C24H17Br. The molecule has 0 aliphatic rings. The van der Waals surface area contributed by atoms with Gasteiger partial charge in [-0.3, -0.25) is 0 Å². The van der Waals surface area contributed by atoms with Gasteiger partial charge in [0.2, 0.25) is 0 Å². The second-order valence-corrected chi connectivity index (χ2v) is 6.95. The Morgan fingerprint density at radius 2 is 0.760 bits per heavy atom. The van der Waals surface area contributed by atoms with Crippen LogP contribution in [0.5, 0.6) is 0 Å². The molecule has 0 saturated heterocycles. The average Bonchev–Trinajstić information content (AvgIpc) is 2.69. The first-order chi connectivity index (χ1) is 12.3. The molecule has 25 heavy (non-hydrogen) atoms. The maximum Gasteiger partial charge on any atom is 0.0181 e. The molecule has 0 nitrogen and oxygen atoms in total. The molecule has 0 bridgehead atoms. The molecule has 0 fully saturated rings. The Bertz CT molecular complexity index is 1000. The molecule has 0 spiro atoms. The predicted molar refractivity (Wildman–Crippen MR) is 110 cm³/mol. The molecule has 1 heteroatoms. The number of hydrogen-bond donors (Lipinski definition) is 0. The largest absolute Gasteiger partial charge is 0.0622 e. The minimum Gasteiger partial charge on any atom is -0.0622 e. The Kier molecular flexibility index (Phi) is 4.49. The van der Waals surface area contributed by atoms with Crippen LogP contribution < -0.4 is 0 Å². The van der Waals surface area contributed by atoms with Gasteiger partial charge in [0.25, 0.3) is 0 Å². The van der Waals surface area contributed by atoms with Crippen LogP contribution in [-0.2, 0) is 0 Å². The fourth-order valence-electron chi connectivity index (χ4n) is 3.06. The van der Waals surface area contributed by atoms with Gasteiger partial charge in [0, 0.05) is 4.47 Å². The van der Waals surface area contributed by atoms with E-state index in [0.29, 0.717) is 0 Å². The molecule has 0 atom stereocenters. The molecule has 0 aliphatic carbocycles. The molecule has 120 valence electrons. The molecule has 0 radical (unpaired) electrons. The van der Waals surface area contributed by atoms with Crippen molar-refractivity contribution in [3.8, 4) is 33.4 Å². The van der Waals surface area contributed by atoms with Crippen LogP contribution in [0.15, 0.2) is 108 Å². The second-order valence-electron chi connectivity index (χ2n) is 6.04. The summed E-state index contributed by atoms with van der Waals surface area (Å²) in [7, 11) is 0. The average molecular weight is 385 g/mol. The van der Waals surface area contributed by atoms with Crippen molar-refractivity contribution in [2.24, 2.45) is 0 Å². The van der Waals surface area contributed by atoms with Crippen LogP contribution in [0, 0.1) is 0 Å². The van der Waals surface area contributed by atoms with Gasteiger partial charge in [-0.15, -0.1) is 0 Å². The minimum atomic E-state index is 1.10. The molecule has 0 saturated carbocycles. The molecule has 4 rings (SSSR count). The highest BCUT2D eigenvalue weighted by atomic mass is 79.9. The molecule has 0 amide bonds. The summed E-state index contributed by atoms with van der Waals surface area (Å²) >= 11 is 3.56.